The molecule has 0 aliphatic carbocycles. The lowest BCUT2D eigenvalue weighted by Crippen LogP contribution is -2.47. The van der Waals surface area contributed by atoms with Gasteiger partial charge in [-0.1, -0.05) is 18.2 Å². The van der Waals surface area contributed by atoms with Gasteiger partial charge in [0.2, 0.25) is 0 Å². The van der Waals surface area contributed by atoms with Crippen LogP contribution >= 0.6 is 0 Å². The van der Waals surface area contributed by atoms with Crippen molar-refractivity contribution in [1.29, 1.82) is 0 Å². The third kappa shape index (κ3) is 6.08. The predicted octanol–water partition coefficient (Wildman–Crippen LogP) is 2.69. The van der Waals surface area contributed by atoms with Crippen LogP contribution in [-0.2, 0) is 0 Å². The standard InChI is InChI=1S/C19H23FN4O2/c1-2-24(17-7-4-3-5-8-17)14-6-13-21-19(26)23-22-18(25)15-9-11-16(20)12-10-15/h3-5,7-12H,2,6,13-14H2,1H3,(H,22,25)(H2,21,23,26). The van der Waals surface area contributed by atoms with E-state index >= 15 is 0 Å². The van der Waals surface area contributed by atoms with Gasteiger partial charge in [-0.25, -0.2) is 14.6 Å². The van der Waals surface area contributed by atoms with E-state index in [-0.39, 0.29) is 5.56 Å². The molecule has 0 atom stereocenters. The van der Waals surface area contributed by atoms with Gasteiger partial charge in [0.25, 0.3) is 5.91 Å². The van der Waals surface area contributed by atoms with Crippen LogP contribution in [-0.4, -0.2) is 31.6 Å². The molecule has 0 bridgehead atoms. The summed E-state index contributed by atoms with van der Waals surface area (Å²) in [6, 6.07) is 14.6. The van der Waals surface area contributed by atoms with E-state index in [1.165, 1.54) is 24.3 Å². The minimum absolute atomic E-state index is 0.258. The number of urea groups is 1. The van der Waals surface area contributed by atoms with E-state index in [0.29, 0.717) is 6.54 Å². The van der Waals surface area contributed by atoms with Crippen molar-refractivity contribution in [3.63, 3.8) is 0 Å². The van der Waals surface area contributed by atoms with Crippen LogP contribution in [0.4, 0.5) is 14.9 Å². The van der Waals surface area contributed by atoms with Crippen LogP contribution in [0.2, 0.25) is 0 Å². The van der Waals surface area contributed by atoms with Crippen molar-refractivity contribution in [2.75, 3.05) is 24.5 Å². The number of hydrogen-bond donors (Lipinski definition) is 3. The normalized spacial score (nSPS) is 10.1. The fourth-order valence-electron chi connectivity index (χ4n) is 2.41. The van der Waals surface area contributed by atoms with Gasteiger partial charge in [0.15, 0.2) is 0 Å². The van der Waals surface area contributed by atoms with Crippen LogP contribution in [0.25, 0.3) is 0 Å². The summed E-state index contributed by atoms with van der Waals surface area (Å²) in [5.41, 5.74) is 5.95. The zero-order valence-electron chi connectivity index (χ0n) is 14.7. The fourth-order valence-corrected chi connectivity index (χ4v) is 2.41. The Kier molecular flexibility index (Phi) is 7.42. The lowest BCUT2D eigenvalue weighted by atomic mass is 10.2. The Morgan fingerprint density at radius 1 is 1.00 bits per heavy atom. The second-order valence-corrected chi connectivity index (χ2v) is 5.61. The van der Waals surface area contributed by atoms with Gasteiger partial charge in [-0.05, 0) is 49.7 Å². The molecular formula is C19H23FN4O2. The minimum atomic E-state index is -0.513. The van der Waals surface area contributed by atoms with E-state index in [1.807, 2.05) is 18.2 Å². The van der Waals surface area contributed by atoms with Gasteiger partial charge in [-0.15, -0.1) is 0 Å². The number of hydrazine groups is 1. The number of hydrogen-bond acceptors (Lipinski definition) is 3. The Morgan fingerprint density at radius 2 is 1.69 bits per heavy atom. The molecule has 6 nitrogen and oxygen atoms in total. The van der Waals surface area contributed by atoms with Crippen molar-refractivity contribution >= 4 is 17.6 Å². The number of carbonyl (C=O) groups excluding carboxylic acids is 2. The first kappa shape index (κ1) is 19.2. The highest BCUT2D eigenvalue weighted by molar-refractivity contribution is 5.95. The predicted molar refractivity (Wildman–Crippen MR) is 99.3 cm³/mol. The molecule has 0 aromatic heterocycles. The quantitative estimate of drug-likeness (QED) is 0.526. The number of carbonyl (C=O) groups is 2. The molecule has 7 heteroatoms. The van der Waals surface area contributed by atoms with Gasteiger partial charge in [-0.3, -0.25) is 10.2 Å². The molecule has 2 aromatic rings. The first-order valence-corrected chi connectivity index (χ1v) is 8.50. The highest BCUT2D eigenvalue weighted by Gasteiger charge is 2.07. The van der Waals surface area contributed by atoms with Crippen LogP contribution in [0, 0.1) is 5.82 Å². The van der Waals surface area contributed by atoms with Crippen molar-refractivity contribution in [3.05, 3.63) is 66.0 Å². The van der Waals surface area contributed by atoms with Crippen LogP contribution in [0.1, 0.15) is 23.7 Å². The third-order valence-corrected chi connectivity index (χ3v) is 3.79. The summed E-state index contributed by atoms with van der Waals surface area (Å²) < 4.78 is 12.8. The largest absolute Gasteiger partial charge is 0.372 e. The van der Waals surface area contributed by atoms with Gasteiger partial charge < -0.3 is 10.2 Å². The van der Waals surface area contributed by atoms with Crippen molar-refractivity contribution in [2.24, 2.45) is 0 Å². The number of nitrogens with zero attached hydrogens (tertiary/aromatic N) is 1. The summed E-state index contributed by atoms with van der Waals surface area (Å²) in [4.78, 5) is 25.7. The fraction of sp³-hybridized carbons (Fsp3) is 0.263. The van der Waals surface area contributed by atoms with Gasteiger partial charge >= 0.3 is 6.03 Å². The lowest BCUT2D eigenvalue weighted by Gasteiger charge is -2.23. The molecule has 3 amide bonds. The molecule has 0 spiro atoms. The zero-order valence-corrected chi connectivity index (χ0v) is 14.7. The van der Waals surface area contributed by atoms with Gasteiger partial charge in [0.1, 0.15) is 5.82 Å². The Labute approximate surface area is 152 Å². The summed E-state index contributed by atoms with van der Waals surface area (Å²) in [5.74, 6) is -0.940. The smallest absolute Gasteiger partial charge is 0.333 e. The maximum Gasteiger partial charge on any atom is 0.333 e. The molecule has 3 N–H and O–H groups in total. The first-order valence-electron chi connectivity index (χ1n) is 8.50. The number of amides is 3. The number of halogens is 1. The van der Waals surface area contributed by atoms with E-state index in [0.717, 1.165) is 25.2 Å². The monoisotopic (exact) mass is 358 g/mol. The van der Waals surface area contributed by atoms with Crippen LogP contribution < -0.4 is 21.1 Å². The van der Waals surface area contributed by atoms with Crippen LogP contribution in [0.3, 0.4) is 0 Å². The van der Waals surface area contributed by atoms with Crippen molar-refractivity contribution in [2.45, 2.75) is 13.3 Å². The molecular weight excluding hydrogens is 335 g/mol. The van der Waals surface area contributed by atoms with Crippen LogP contribution in [0.5, 0.6) is 0 Å². The van der Waals surface area contributed by atoms with Crippen molar-refractivity contribution < 1.29 is 14.0 Å². The average molecular weight is 358 g/mol. The van der Waals surface area contributed by atoms with Gasteiger partial charge in [0.05, 0.1) is 0 Å². The van der Waals surface area contributed by atoms with Crippen molar-refractivity contribution in [3.8, 4) is 0 Å². The van der Waals surface area contributed by atoms with Gasteiger partial charge in [-0.2, -0.15) is 0 Å². The molecule has 26 heavy (non-hydrogen) atoms. The minimum Gasteiger partial charge on any atom is -0.372 e. The molecule has 0 saturated heterocycles. The molecule has 0 aliphatic heterocycles. The third-order valence-electron chi connectivity index (χ3n) is 3.79. The maximum absolute atomic E-state index is 12.8. The number of para-hydroxylation sites is 1. The highest BCUT2D eigenvalue weighted by Crippen LogP contribution is 2.12. The summed E-state index contributed by atoms with van der Waals surface area (Å²) in [7, 11) is 0. The summed E-state index contributed by atoms with van der Waals surface area (Å²) >= 11 is 0. The number of benzene rings is 2. The maximum atomic E-state index is 12.8. The Morgan fingerprint density at radius 3 is 2.35 bits per heavy atom. The molecule has 0 aliphatic rings. The zero-order chi connectivity index (χ0) is 18.8. The van der Waals surface area contributed by atoms with E-state index in [2.05, 4.69) is 40.1 Å². The van der Waals surface area contributed by atoms with Gasteiger partial charge in [0, 0.05) is 30.9 Å². The van der Waals surface area contributed by atoms with Crippen molar-refractivity contribution in [1.82, 2.24) is 16.2 Å². The Bertz CT molecular complexity index is 707. The molecule has 0 radical (unpaired) electrons. The molecule has 0 saturated carbocycles. The molecule has 2 rings (SSSR count). The van der Waals surface area contributed by atoms with Crippen LogP contribution in [0.15, 0.2) is 54.6 Å². The molecule has 0 fully saturated rings. The second-order valence-electron chi connectivity index (χ2n) is 5.61. The SMILES string of the molecule is CCN(CCCNC(=O)NNC(=O)c1ccc(F)cc1)c1ccccc1. The molecule has 2 aromatic carbocycles. The Balaban J connectivity index is 1.65. The first-order chi connectivity index (χ1) is 12.6. The number of anilines is 1. The topological polar surface area (TPSA) is 73.5 Å². The lowest BCUT2D eigenvalue weighted by molar-refractivity contribution is 0.0936. The molecule has 138 valence electrons. The number of nitrogens with one attached hydrogen (secondary N) is 3. The van der Waals surface area contributed by atoms with E-state index in [9.17, 15) is 14.0 Å². The molecule has 0 unspecified atom stereocenters. The average Bonchev–Trinajstić information content (AvgIpc) is 2.67. The van der Waals surface area contributed by atoms with E-state index in [4.69, 9.17) is 0 Å². The van der Waals surface area contributed by atoms with E-state index in [1.54, 1.807) is 0 Å². The Hall–Kier alpha value is -3.09. The van der Waals surface area contributed by atoms with E-state index < -0.39 is 17.8 Å². The molecule has 0 heterocycles. The summed E-state index contributed by atoms with van der Waals surface area (Å²) in [6.07, 6.45) is 0.766. The summed E-state index contributed by atoms with van der Waals surface area (Å²) in [5, 5.41) is 2.68. The second kappa shape index (κ2) is 10.0. The highest BCUT2D eigenvalue weighted by atomic mass is 19.1. The summed E-state index contributed by atoms with van der Waals surface area (Å²) in [6.45, 7) is 4.24. The number of rotatable bonds is 7.